The fourth-order valence-corrected chi connectivity index (χ4v) is 2.54. The minimum Gasteiger partial charge on any atom is -0.356 e. The van der Waals surface area contributed by atoms with Crippen LogP contribution in [0.4, 0.5) is 0 Å². The number of nitrogens with one attached hydrogen (secondary N) is 2. The van der Waals surface area contributed by atoms with Gasteiger partial charge in [-0.1, -0.05) is 0 Å². The molecule has 0 aromatic heterocycles. The Morgan fingerprint density at radius 3 is 2.53 bits per heavy atom. The van der Waals surface area contributed by atoms with Crippen LogP contribution >= 0.6 is 0 Å². The largest absolute Gasteiger partial charge is 0.356 e. The lowest BCUT2D eigenvalue weighted by atomic mass is 9.77. The van der Waals surface area contributed by atoms with Crippen molar-refractivity contribution in [3.05, 3.63) is 0 Å². The van der Waals surface area contributed by atoms with Gasteiger partial charge in [0, 0.05) is 12.5 Å². The van der Waals surface area contributed by atoms with Gasteiger partial charge in [0.05, 0.1) is 6.07 Å². The summed E-state index contributed by atoms with van der Waals surface area (Å²) in [6, 6.07) is 2.34. The quantitative estimate of drug-likeness (QED) is 0.695. The predicted molar refractivity (Wildman–Crippen MR) is 75.5 cm³/mol. The Kier molecular flexibility index (Phi) is 6.26. The second-order valence-electron chi connectivity index (χ2n) is 5.67. The van der Waals surface area contributed by atoms with Crippen molar-refractivity contribution in [2.75, 3.05) is 34.2 Å². The van der Waals surface area contributed by atoms with Crippen LogP contribution in [0.15, 0.2) is 0 Å². The fraction of sp³-hybridized carbons (Fsp3) is 0.857. The molecule has 19 heavy (non-hydrogen) atoms. The van der Waals surface area contributed by atoms with Crippen LogP contribution in [0.5, 0.6) is 0 Å². The molecule has 1 fully saturated rings. The van der Waals surface area contributed by atoms with Crippen molar-refractivity contribution in [1.29, 1.82) is 5.26 Å². The maximum Gasteiger partial charge on any atom is 0.223 e. The first kappa shape index (κ1) is 15.9. The summed E-state index contributed by atoms with van der Waals surface area (Å²) in [6.45, 7) is 1.73. The van der Waals surface area contributed by atoms with Crippen LogP contribution in [0, 0.1) is 17.2 Å². The number of carbonyl (C=O) groups is 1. The summed E-state index contributed by atoms with van der Waals surface area (Å²) in [5.41, 5.74) is -0.415. The minimum absolute atomic E-state index is 0.0779. The lowest BCUT2D eigenvalue weighted by Gasteiger charge is -2.34. The van der Waals surface area contributed by atoms with Crippen molar-refractivity contribution in [2.24, 2.45) is 5.92 Å². The standard InChI is InChI=1S/C14H26N4O/c1-16-14(11-15)7-5-12(6-8-14)13(19)17-9-4-10-18(2)3/h12,16H,4-10H2,1-3H3,(H,17,19). The third-order valence-corrected chi connectivity index (χ3v) is 3.98. The monoisotopic (exact) mass is 266 g/mol. The van der Waals surface area contributed by atoms with Crippen LogP contribution in [0.1, 0.15) is 32.1 Å². The fourth-order valence-electron chi connectivity index (χ4n) is 2.54. The van der Waals surface area contributed by atoms with E-state index < -0.39 is 5.54 Å². The van der Waals surface area contributed by atoms with Gasteiger partial charge in [0.2, 0.25) is 5.91 Å². The minimum atomic E-state index is -0.415. The van der Waals surface area contributed by atoms with Crippen molar-refractivity contribution in [2.45, 2.75) is 37.6 Å². The van der Waals surface area contributed by atoms with E-state index >= 15 is 0 Å². The molecule has 0 aliphatic heterocycles. The molecule has 5 nitrogen and oxygen atoms in total. The van der Waals surface area contributed by atoms with E-state index in [0.29, 0.717) is 0 Å². The molecular formula is C14H26N4O. The molecule has 0 radical (unpaired) electrons. The molecule has 0 aromatic carbocycles. The van der Waals surface area contributed by atoms with Gasteiger partial charge in [0.15, 0.2) is 0 Å². The van der Waals surface area contributed by atoms with Gasteiger partial charge >= 0.3 is 0 Å². The molecule has 0 unspecified atom stereocenters. The van der Waals surface area contributed by atoms with Crippen molar-refractivity contribution >= 4 is 5.91 Å². The number of hydrogen-bond acceptors (Lipinski definition) is 4. The number of carbonyl (C=O) groups excluding carboxylic acids is 1. The van der Waals surface area contributed by atoms with Crippen LogP contribution in [-0.4, -0.2) is 50.6 Å². The van der Waals surface area contributed by atoms with Crippen LogP contribution in [0.2, 0.25) is 0 Å². The number of nitrogens with zero attached hydrogens (tertiary/aromatic N) is 2. The topological polar surface area (TPSA) is 68.2 Å². The highest BCUT2D eigenvalue weighted by Crippen LogP contribution is 2.31. The molecule has 2 N–H and O–H groups in total. The summed E-state index contributed by atoms with van der Waals surface area (Å²) in [6.07, 6.45) is 4.09. The molecule has 1 rings (SSSR count). The highest BCUT2D eigenvalue weighted by atomic mass is 16.1. The second kappa shape index (κ2) is 7.46. The average Bonchev–Trinajstić information content (AvgIpc) is 2.43. The Morgan fingerprint density at radius 1 is 1.42 bits per heavy atom. The van der Waals surface area contributed by atoms with Gasteiger partial charge in [-0.2, -0.15) is 5.26 Å². The highest BCUT2D eigenvalue weighted by molar-refractivity contribution is 5.78. The molecular weight excluding hydrogens is 240 g/mol. The number of nitriles is 1. The van der Waals surface area contributed by atoms with E-state index in [1.54, 1.807) is 0 Å². The normalized spacial score (nSPS) is 27.0. The summed E-state index contributed by atoms with van der Waals surface area (Å²) in [5, 5.41) is 15.3. The smallest absolute Gasteiger partial charge is 0.223 e. The lowest BCUT2D eigenvalue weighted by Crippen LogP contribution is -2.46. The summed E-state index contributed by atoms with van der Waals surface area (Å²) in [7, 11) is 5.88. The molecule has 1 aliphatic rings. The zero-order valence-electron chi connectivity index (χ0n) is 12.3. The van der Waals surface area contributed by atoms with Crippen molar-refractivity contribution < 1.29 is 4.79 Å². The summed E-state index contributed by atoms with van der Waals surface area (Å²) >= 11 is 0. The highest BCUT2D eigenvalue weighted by Gasteiger charge is 2.36. The first-order valence-corrected chi connectivity index (χ1v) is 7.05. The van der Waals surface area contributed by atoms with Crippen LogP contribution in [0.3, 0.4) is 0 Å². The Morgan fingerprint density at radius 2 is 2.05 bits per heavy atom. The van der Waals surface area contributed by atoms with Crippen LogP contribution < -0.4 is 10.6 Å². The maximum absolute atomic E-state index is 12.0. The van der Waals surface area contributed by atoms with E-state index in [2.05, 4.69) is 21.6 Å². The van der Waals surface area contributed by atoms with E-state index in [1.165, 1.54) is 0 Å². The zero-order chi connectivity index (χ0) is 14.3. The summed E-state index contributed by atoms with van der Waals surface area (Å²) < 4.78 is 0. The molecule has 0 aromatic rings. The summed E-state index contributed by atoms with van der Waals surface area (Å²) in [4.78, 5) is 14.1. The second-order valence-corrected chi connectivity index (χ2v) is 5.67. The molecule has 0 heterocycles. The third kappa shape index (κ3) is 4.81. The summed E-state index contributed by atoms with van der Waals surface area (Å²) in [5.74, 6) is 0.232. The molecule has 1 saturated carbocycles. The Labute approximate surface area is 116 Å². The van der Waals surface area contributed by atoms with Crippen molar-refractivity contribution in [3.63, 3.8) is 0 Å². The van der Waals surface area contributed by atoms with Gasteiger partial charge < -0.3 is 15.5 Å². The molecule has 0 saturated heterocycles. The number of rotatable bonds is 6. The Hall–Kier alpha value is -1.12. The third-order valence-electron chi connectivity index (χ3n) is 3.98. The van der Waals surface area contributed by atoms with Crippen molar-refractivity contribution in [3.8, 4) is 6.07 Å². The van der Waals surface area contributed by atoms with E-state index in [4.69, 9.17) is 0 Å². The lowest BCUT2D eigenvalue weighted by molar-refractivity contribution is -0.126. The SMILES string of the molecule is CNC1(C#N)CCC(C(=O)NCCCN(C)C)CC1. The Balaban J connectivity index is 2.27. The molecule has 108 valence electrons. The maximum atomic E-state index is 12.0. The van der Waals surface area contributed by atoms with Crippen LogP contribution in [0.25, 0.3) is 0 Å². The number of hydrogen-bond donors (Lipinski definition) is 2. The van der Waals surface area contributed by atoms with Gasteiger partial charge in [-0.3, -0.25) is 4.79 Å². The molecule has 1 amide bonds. The molecule has 0 atom stereocenters. The van der Waals surface area contributed by atoms with E-state index in [9.17, 15) is 10.1 Å². The molecule has 1 aliphatic carbocycles. The van der Waals surface area contributed by atoms with Crippen molar-refractivity contribution in [1.82, 2.24) is 15.5 Å². The Bertz CT molecular complexity index is 327. The predicted octanol–water partition coefficient (Wildman–Crippen LogP) is 0.726. The average molecular weight is 266 g/mol. The molecule has 0 spiro atoms. The van der Waals surface area contributed by atoms with Gasteiger partial charge in [-0.05, 0) is 59.8 Å². The first-order chi connectivity index (χ1) is 9.03. The van der Waals surface area contributed by atoms with Gasteiger partial charge in [-0.25, -0.2) is 0 Å². The van der Waals surface area contributed by atoms with E-state index in [-0.39, 0.29) is 11.8 Å². The van der Waals surface area contributed by atoms with Gasteiger partial charge in [0.1, 0.15) is 5.54 Å². The van der Waals surface area contributed by atoms with E-state index in [1.807, 2.05) is 21.1 Å². The number of amides is 1. The molecule has 0 bridgehead atoms. The van der Waals surface area contributed by atoms with Gasteiger partial charge in [0.25, 0.3) is 0 Å². The zero-order valence-corrected chi connectivity index (χ0v) is 12.3. The first-order valence-electron chi connectivity index (χ1n) is 7.05. The van der Waals surface area contributed by atoms with Gasteiger partial charge in [-0.15, -0.1) is 0 Å². The molecule has 5 heteroatoms. The van der Waals surface area contributed by atoms with E-state index in [0.717, 1.165) is 45.2 Å². The van der Waals surface area contributed by atoms with Crippen LogP contribution in [-0.2, 0) is 4.79 Å².